The lowest BCUT2D eigenvalue weighted by Gasteiger charge is -2.19. The van der Waals surface area contributed by atoms with Crippen LogP contribution in [0.2, 0.25) is 0 Å². The van der Waals surface area contributed by atoms with Gasteiger partial charge in [-0.05, 0) is 0 Å². The Morgan fingerprint density at radius 2 is 2.00 bits per heavy atom. The Morgan fingerprint density at radius 3 is 2.40 bits per heavy atom. The van der Waals surface area contributed by atoms with Crippen LogP contribution in [0.5, 0.6) is 0 Å². The molecule has 3 N–H and O–H groups in total. The maximum Gasteiger partial charge on any atom is 0.321 e. The number of thioether (sulfide) groups is 1. The van der Waals surface area contributed by atoms with Crippen LogP contribution in [0, 0.1) is 5.92 Å². The van der Waals surface area contributed by atoms with E-state index in [0.29, 0.717) is 11.6 Å². The van der Waals surface area contributed by atoms with E-state index in [2.05, 4.69) is 0 Å². The fraction of sp³-hybridized carbons (Fsp3) is 0.778. The molecule has 6 heteroatoms. The second-order valence-corrected chi connectivity index (χ2v) is 4.64. The third kappa shape index (κ3) is 5.64. The van der Waals surface area contributed by atoms with Gasteiger partial charge in [0.1, 0.15) is 6.04 Å². The molecule has 0 aliphatic carbocycles. The minimum absolute atomic E-state index is 0.0382. The summed E-state index contributed by atoms with van der Waals surface area (Å²) in [5, 5.41) is 8.53. The average Bonchev–Trinajstić information content (AvgIpc) is 2.15. The molecule has 0 aliphatic heterocycles. The standard InChI is InChI=1S/C9H18N2O3S/c1-6(2)8(12)11(3)5-15-4-7(10)9(13)14/h6-7H,4-5,10H2,1-3H3,(H,13,14). The van der Waals surface area contributed by atoms with E-state index in [4.69, 9.17) is 10.8 Å². The number of nitrogens with two attached hydrogens (primary N) is 1. The Labute approximate surface area is 94.0 Å². The number of carbonyl (C=O) groups is 2. The molecule has 0 aromatic carbocycles. The molecule has 0 aromatic rings. The number of hydrogen-bond donors (Lipinski definition) is 2. The molecule has 0 spiro atoms. The summed E-state index contributed by atoms with van der Waals surface area (Å²) in [5.41, 5.74) is 5.31. The smallest absolute Gasteiger partial charge is 0.321 e. The van der Waals surface area contributed by atoms with Crippen molar-refractivity contribution in [2.75, 3.05) is 18.7 Å². The number of carboxylic acids is 1. The van der Waals surface area contributed by atoms with E-state index in [1.165, 1.54) is 11.8 Å². The lowest BCUT2D eigenvalue weighted by molar-refractivity contribution is -0.137. The highest BCUT2D eigenvalue weighted by Gasteiger charge is 2.15. The highest BCUT2D eigenvalue weighted by molar-refractivity contribution is 7.99. The number of carboxylic acid groups (broad SMARTS) is 1. The topological polar surface area (TPSA) is 83.6 Å². The number of aliphatic carboxylic acids is 1. The molecular weight excluding hydrogens is 216 g/mol. The lowest BCUT2D eigenvalue weighted by atomic mass is 10.2. The molecule has 1 unspecified atom stereocenters. The molecule has 15 heavy (non-hydrogen) atoms. The summed E-state index contributed by atoms with van der Waals surface area (Å²) >= 11 is 1.34. The molecular formula is C9H18N2O3S. The van der Waals surface area contributed by atoms with Crippen LogP contribution in [0.25, 0.3) is 0 Å². The molecule has 0 bridgehead atoms. The Kier molecular flexibility index (Phi) is 6.35. The molecule has 0 heterocycles. The van der Waals surface area contributed by atoms with Gasteiger partial charge in [0.2, 0.25) is 5.91 Å². The molecule has 0 fully saturated rings. The Bertz CT molecular complexity index is 233. The molecule has 0 aliphatic rings. The first-order chi connectivity index (χ1) is 6.86. The molecule has 0 saturated heterocycles. The largest absolute Gasteiger partial charge is 0.480 e. The molecule has 0 rings (SSSR count). The molecule has 0 aromatic heterocycles. The summed E-state index contributed by atoms with van der Waals surface area (Å²) in [6, 6.07) is -0.863. The van der Waals surface area contributed by atoms with Crippen molar-refractivity contribution in [1.82, 2.24) is 4.90 Å². The Balaban J connectivity index is 3.77. The van der Waals surface area contributed by atoms with Gasteiger partial charge in [0, 0.05) is 18.7 Å². The van der Waals surface area contributed by atoms with Crippen molar-refractivity contribution in [3.63, 3.8) is 0 Å². The van der Waals surface area contributed by atoms with Gasteiger partial charge in [0.25, 0.3) is 0 Å². The number of amides is 1. The second-order valence-electron chi connectivity index (χ2n) is 3.64. The van der Waals surface area contributed by atoms with E-state index in [1.807, 2.05) is 13.8 Å². The van der Waals surface area contributed by atoms with Gasteiger partial charge in [-0.1, -0.05) is 13.8 Å². The van der Waals surface area contributed by atoms with Crippen molar-refractivity contribution in [2.45, 2.75) is 19.9 Å². The summed E-state index contributed by atoms with van der Waals surface area (Å²) < 4.78 is 0. The third-order valence-corrected chi connectivity index (χ3v) is 2.93. The highest BCUT2D eigenvalue weighted by Crippen LogP contribution is 2.07. The molecule has 88 valence electrons. The van der Waals surface area contributed by atoms with E-state index in [0.717, 1.165) is 0 Å². The lowest BCUT2D eigenvalue weighted by Crippen LogP contribution is -2.34. The zero-order valence-electron chi connectivity index (χ0n) is 9.27. The van der Waals surface area contributed by atoms with Gasteiger partial charge in [-0.15, -0.1) is 11.8 Å². The summed E-state index contributed by atoms with van der Waals surface area (Å²) in [4.78, 5) is 23.4. The van der Waals surface area contributed by atoms with Crippen LogP contribution < -0.4 is 5.73 Å². The normalized spacial score (nSPS) is 12.6. The molecule has 5 nitrogen and oxygen atoms in total. The fourth-order valence-electron chi connectivity index (χ4n) is 0.892. The van der Waals surface area contributed by atoms with Gasteiger partial charge < -0.3 is 15.7 Å². The van der Waals surface area contributed by atoms with E-state index in [9.17, 15) is 9.59 Å². The predicted octanol–water partition coefficient (Wildman–Crippen LogP) is 0.203. The monoisotopic (exact) mass is 234 g/mol. The van der Waals surface area contributed by atoms with Crippen molar-refractivity contribution < 1.29 is 14.7 Å². The zero-order chi connectivity index (χ0) is 12.0. The summed E-state index contributed by atoms with van der Waals surface area (Å²) in [6.07, 6.45) is 0. The Morgan fingerprint density at radius 1 is 1.47 bits per heavy atom. The van der Waals surface area contributed by atoms with E-state index in [1.54, 1.807) is 11.9 Å². The average molecular weight is 234 g/mol. The number of nitrogens with zero attached hydrogens (tertiary/aromatic N) is 1. The Hall–Kier alpha value is -0.750. The van der Waals surface area contributed by atoms with Crippen LogP contribution in [0.3, 0.4) is 0 Å². The van der Waals surface area contributed by atoms with E-state index >= 15 is 0 Å². The van der Waals surface area contributed by atoms with E-state index < -0.39 is 12.0 Å². The minimum atomic E-state index is -1.01. The van der Waals surface area contributed by atoms with Crippen LogP contribution in [-0.4, -0.2) is 46.6 Å². The number of carbonyl (C=O) groups excluding carboxylic acids is 1. The maximum atomic E-state index is 11.4. The van der Waals surface area contributed by atoms with Crippen LogP contribution in [0.4, 0.5) is 0 Å². The molecule has 1 amide bonds. The summed E-state index contributed by atoms with van der Waals surface area (Å²) in [7, 11) is 1.70. The first kappa shape index (κ1) is 14.2. The van der Waals surface area contributed by atoms with Crippen LogP contribution in [-0.2, 0) is 9.59 Å². The van der Waals surface area contributed by atoms with Crippen molar-refractivity contribution in [1.29, 1.82) is 0 Å². The zero-order valence-corrected chi connectivity index (χ0v) is 10.1. The first-order valence-electron chi connectivity index (χ1n) is 4.67. The van der Waals surface area contributed by atoms with Crippen LogP contribution in [0.15, 0.2) is 0 Å². The summed E-state index contributed by atoms with van der Waals surface area (Å²) in [5.74, 6) is -0.223. The number of rotatable bonds is 6. The quantitative estimate of drug-likeness (QED) is 0.642. The van der Waals surface area contributed by atoms with Crippen LogP contribution >= 0.6 is 11.8 Å². The van der Waals surface area contributed by atoms with E-state index in [-0.39, 0.29) is 11.8 Å². The highest BCUT2D eigenvalue weighted by atomic mass is 32.2. The van der Waals surface area contributed by atoms with Crippen molar-refractivity contribution in [3.8, 4) is 0 Å². The van der Waals surface area contributed by atoms with Gasteiger partial charge in [-0.3, -0.25) is 9.59 Å². The molecule has 0 radical (unpaired) electrons. The predicted molar refractivity (Wildman–Crippen MR) is 60.5 cm³/mol. The fourth-order valence-corrected chi connectivity index (χ4v) is 1.80. The number of hydrogen-bond acceptors (Lipinski definition) is 4. The van der Waals surface area contributed by atoms with Gasteiger partial charge in [-0.2, -0.15) is 0 Å². The molecule has 1 atom stereocenters. The summed E-state index contributed by atoms with van der Waals surface area (Å²) in [6.45, 7) is 3.65. The van der Waals surface area contributed by atoms with Gasteiger partial charge in [0.15, 0.2) is 0 Å². The van der Waals surface area contributed by atoms with Gasteiger partial charge in [0.05, 0.1) is 5.88 Å². The SMILES string of the molecule is CC(C)C(=O)N(C)CSCC(N)C(=O)O. The minimum Gasteiger partial charge on any atom is -0.480 e. The molecule has 0 saturated carbocycles. The van der Waals surface area contributed by atoms with Crippen molar-refractivity contribution in [2.24, 2.45) is 11.7 Å². The van der Waals surface area contributed by atoms with Gasteiger partial charge >= 0.3 is 5.97 Å². The van der Waals surface area contributed by atoms with Crippen molar-refractivity contribution >= 4 is 23.6 Å². The van der Waals surface area contributed by atoms with Gasteiger partial charge in [-0.25, -0.2) is 0 Å². The maximum absolute atomic E-state index is 11.4. The van der Waals surface area contributed by atoms with Crippen LogP contribution in [0.1, 0.15) is 13.8 Å². The first-order valence-corrected chi connectivity index (χ1v) is 5.82. The van der Waals surface area contributed by atoms with Crippen molar-refractivity contribution in [3.05, 3.63) is 0 Å². The second kappa shape index (κ2) is 6.68. The third-order valence-electron chi connectivity index (χ3n) is 1.77.